The van der Waals surface area contributed by atoms with Gasteiger partial charge in [-0.2, -0.15) is 0 Å². The Morgan fingerprint density at radius 2 is 2.00 bits per heavy atom. The zero-order valence-electron chi connectivity index (χ0n) is 11.9. The average Bonchev–Trinajstić information content (AvgIpc) is 3.26. The quantitative estimate of drug-likeness (QED) is 0.790. The van der Waals surface area contributed by atoms with Gasteiger partial charge in [-0.1, -0.05) is 31.2 Å². The number of aryl methyl sites for hydroxylation is 1. The van der Waals surface area contributed by atoms with Gasteiger partial charge in [0.1, 0.15) is 0 Å². The van der Waals surface area contributed by atoms with E-state index in [2.05, 4.69) is 48.7 Å². The van der Waals surface area contributed by atoms with Gasteiger partial charge in [-0.15, -0.1) is 0 Å². The van der Waals surface area contributed by atoms with Crippen LogP contribution in [-0.2, 0) is 11.2 Å². The van der Waals surface area contributed by atoms with E-state index in [1.807, 2.05) is 0 Å². The van der Waals surface area contributed by atoms with Crippen LogP contribution < -0.4 is 10.6 Å². The van der Waals surface area contributed by atoms with E-state index in [9.17, 15) is 4.79 Å². The van der Waals surface area contributed by atoms with Gasteiger partial charge in [-0.3, -0.25) is 4.79 Å². The molecule has 0 saturated heterocycles. The Balaban J connectivity index is 1.72. The normalized spacial score (nSPS) is 16.1. The molecule has 1 aromatic rings. The number of hydrogen-bond donors (Lipinski definition) is 2. The standard InChI is InChI=1S/C16H24N2O/c1-3-13-6-8-15(9-7-13)12(2)17-11-16(19)18-10-14-4-5-14/h6-9,12,14,17H,3-5,10-11H2,1-2H3,(H,18,19). The summed E-state index contributed by atoms with van der Waals surface area (Å²) < 4.78 is 0. The van der Waals surface area contributed by atoms with E-state index < -0.39 is 0 Å². The largest absolute Gasteiger partial charge is 0.355 e. The van der Waals surface area contributed by atoms with Crippen LogP contribution >= 0.6 is 0 Å². The molecule has 19 heavy (non-hydrogen) atoms. The van der Waals surface area contributed by atoms with Gasteiger partial charge in [0.25, 0.3) is 0 Å². The van der Waals surface area contributed by atoms with Crippen LogP contribution in [0.2, 0.25) is 0 Å². The summed E-state index contributed by atoms with van der Waals surface area (Å²) in [7, 11) is 0. The van der Waals surface area contributed by atoms with E-state index in [0.29, 0.717) is 6.54 Å². The molecule has 2 N–H and O–H groups in total. The van der Waals surface area contributed by atoms with E-state index in [1.54, 1.807) is 0 Å². The Labute approximate surface area is 115 Å². The van der Waals surface area contributed by atoms with Crippen molar-refractivity contribution in [3.8, 4) is 0 Å². The van der Waals surface area contributed by atoms with Crippen LogP contribution in [-0.4, -0.2) is 19.0 Å². The van der Waals surface area contributed by atoms with Gasteiger partial charge in [0.05, 0.1) is 6.54 Å². The average molecular weight is 260 g/mol. The highest BCUT2D eigenvalue weighted by atomic mass is 16.1. The zero-order chi connectivity index (χ0) is 13.7. The van der Waals surface area contributed by atoms with E-state index in [1.165, 1.54) is 24.0 Å². The molecule has 1 atom stereocenters. The van der Waals surface area contributed by atoms with E-state index >= 15 is 0 Å². The number of amides is 1. The van der Waals surface area contributed by atoms with Crippen LogP contribution in [0, 0.1) is 5.92 Å². The number of rotatable bonds is 7. The van der Waals surface area contributed by atoms with Crippen LogP contribution in [0.4, 0.5) is 0 Å². The SMILES string of the molecule is CCc1ccc(C(C)NCC(=O)NCC2CC2)cc1. The lowest BCUT2D eigenvalue weighted by molar-refractivity contribution is -0.120. The molecule has 2 rings (SSSR count). The van der Waals surface area contributed by atoms with Crippen molar-refractivity contribution in [3.63, 3.8) is 0 Å². The monoisotopic (exact) mass is 260 g/mol. The molecule has 0 aliphatic heterocycles. The minimum absolute atomic E-state index is 0.101. The molecule has 0 aromatic heterocycles. The van der Waals surface area contributed by atoms with Crippen molar-refractivity contribution in [2.75, 3.05) is 13.1 Å². The van der Waals surface area contributed by atoms with Crippen LogP contribution in [0.3, 0.4) is 0 Å². The molecule has 1 unspecified atom stereocenters. The van der Waals surface area contributed by atoms with Crippen molar-refractivity contribution < 1.29 is 4.79 Å². The number of hydrogen-bond acceptors (Lipinski definition) is 2. The van der Waals surface area contributed by atoms with Crippen molar-refractivity contribution in [1.29, 1.82) is 0 Å². The summed E-state index contributed by atoms with van der Waals surface area (Å²) in [6.45, 7) is 5.49. The summed E-state index contributed by atoms with van der Waals surface area (Å²) in [6, 6.07) is 8.79. The molecule has 0 spiro atoms. The maximum atomic E-state index is 11.6. The van der Waals surface area contributed by atoms with E-state index in [0.717, 1.165) is 18.9 Å². The Bertz CT molecular complexity index is 409. The van der Waals surface area contributed by atoms with E-state index in [-0.39, 0.29) is 11.9 Å². The number of carbonyl (C=O) groups excluding carboxylic acids is 1. The molecule has 0 radical (unpaired) electrons. The maximum absolute atomic E-state index is 11.6. The van der Waals surface area contributed by atoms with Gasteiger partial charge in [0.2, 0.25) is 5.91 Å². The van der Waals surface area contributed by atoms with Crippen molar-refractivity contribution in [2.45, 2.75) is 39.2 Å². The highest BCUT2D eigenvalue weighted by Gasteiger charge is 2.21. The minimum atomic E-state index is 0.101. The lowest BCUT2D eigenvalue weighted by Crippen LogP contribution is -2.36. The Morgan fingerprint density at radius 3 is 2.58 bits per heavy atom. The first kappa shape index (κ1) is 14.1. The number of benzene rings is 1. The maximum Gasteiger partial charge on any atom is 0.233 e. The Kier molecular flexibility index (Phi) is 4.97. The summed E-state index contributed by atoms with van der Waals surface area (Å²) in [4.78, 5) is 11.6. The molecule has 1 aliphatic rings. The molecule has 1 saturated carbocycles. The fraction of sp³-hybridized carbons (Fsp3) is 0.562. The summed E-state index contributed by atoms with van der Waals surface area (Å²) in [5.74, 6) is 0.840. The molecular weight excluding hydrogens is 236 g/mol. The molecule has 1 fully saturated rings. The second-order valence-electron chi connectivity index (χ2n) is 5.45. The van der Waals surface area contributed by atoms with Gasteiger partial charge in [0, 0.05) is 12.6 Å². The summed E-state index contributed by atoms with van der Waals surface area (Å²) in [6.07, 6.45) is 3.60. The molecule has 3 heteroatoms. The second-order valence-corrected chi connectivity index (χ2v) is 5.45. The van der Waals surface area contributed by atoms with Gasteiger partial charge in [-0.05, 0) is 43.2 Å². The molecule has 1 amide bonds. The Hall–Kier alpha value is -1.35. The first-order valence-electron chi connectivity index (χ1n) is 7.28. The summed E-state index contributed by atoms with van der Waals surface area (Å²) in [5, 5.41) is 6.24. The molecule has 0 bridgehead atoms. The highest BCUT2D eigenvalue weighted by Crippen LogP contribution is 2.27. The summed E-state index contributed by atoms with van der Waals surface area (Å²) >= 11 is 0. The predicted molar refractivity (Wildman–Crippen MR) is 78.0 cm³/mol. The topological polar surface area (TPSA) is 41.1 Å². The van der Waals surface area contributed by atoms with Gasteiger partial charge >= 0.3 is 0 Å². The number of carbonyl (C=O) groups is 1. The lowest BCUT2D eigenvalue weighted by Gasteiger charge is -2.14. The predicted octanol–water partition coefficient (Wildman–Crippen LogP) is 2.43. The molecular formula is C16H24N2O. The summed E-state index contributed by atoms with van der Waals surface area (Å²) in [5.41, 5.74) is 2.57. The van der Waals surface area contributed by atoms with Crippen LogP contribution in [0.15, 0.2) is 24.3 Å². The van der Waals surface area contributed by atoms with Gasteiger partial charge in [0.15, 0.2) is 0 Å². The van der Waals surface area contributed by atoms with Crippen LogP contribution in [0.5, 0.6) is 0 Å². The molecule has 104 valence electrons. The fourth-order valence-electron chi connectivity index (χ4n) is 2.05. The fourth-order valence-corrected chi connectivity index (χ4v) is 2.05. The van der Waals surface area contributed by atoms with Crippen LogP contribution in [0.1, 0.15) is 43.9 Å². The van der Waals surface area contributed by atoms with Crippen molar-refractivity contribution >= 4 is 5.91 Å². The lowest BCUT2D eigenvalue weighted by atomic mass is 10.1. The van der Waals surface area contributed by atoms with Crippen molar-refractivity contribution in [3.05, 3.63) is 35.4 Å². The smallest absolute Gasteiger partial charge is 0.233 e. The van der Waals surface area contributed by atoms with Gasteiger partial charge < -0.3 is 10.6 Å². The molecule has 3 nitrogen and oxygen atoms in total. The Morgan fingerprint density at radius 1 is 1.32 bits per heavy atom. The van der Waals surface area contributed by atoms with Crippen LogP contribution in [0.25, 0.3) is 0 Å². The molecule has 0 heterocycles. The number of nitrogens with one attached hydrogen (secondary N) is 2. The van der Waals surface area contributed by atoms with Gasteiger partial charge in [-0.25, -0.2) is 0 Å². The molecule has 1 aliphatic carbocycles. The first-order chi connectivity index (χ1) is 9.19. The highest BCUT2D eigenvalue weighted by molar-refractivity contribution is 5.78. The first-order valence-corrected chi connectivity index (χ1v) is 7.28. The third-order valence-electron chi connectivity index (χ3n) is 3.74. The zero-order valence-corrected chi connectivity index (χ0v) is 11.9. The van der Waals surface area contributed by atoms with E-state index in [4.69, 9.17) is 0 Å². The molecule has 1 aromatic carbocycles. The third-order valence-corrected chi connectivity index (χ3v) is 3.74. The third kappa shape index (κ3) is 4.67. The van der Waals surface area contributed by atoms with Crippen molar-refractivity contribution in [2.24, 2.45) is 5.92 Å². The van der Waals surface area contributed by atoms with Crippen molar-refractivity contribution in [1.82, 2.24) is 10.6 Å². The second kappa shape index (κ2) is 6.71. The minimum Gasteiger partial charge on any atom is -0.355 e.